The molecule has 1 aliphatic rings. The van der Waals surface area contributed by atoms with Crippen LogP contribution in [0.4, 0.5) is 4.39 Å². The maximum Gasteiger partial charge on any atom is 0.222 e. The molecule has 2 N–H and O–H groups in total. The van der Waals surface area contributed by atoms with Crippen molar-refractivity contribution >= 4 is 5.65 Å². The molecule has 1 saturated carbocycles. The molecule has 0 bridgehead atoms. The fraction of sp³-hybridized carbons (Fsp3) is 0.364. The van der Waals surface area contributed by atoms with Crippen molar-refractivity contribution in [3.8, 4) is 0 Å². The third-order valence-corrected chi connectivity index (χ3v) is 2.89. The van der Waals surface area contributed by atoms with Gasteiger partial charge in [0.05, 0.1) is 0 Å². The highest BCUT2D eigenvalue weighted by Crippen LogP contribution is 2.39. The summed E-state index contributed by atoms with van der Waals surface area (Å²) in [5.41, 5.74) is 7.58. The van der Waals surface area contributed by atoms with Crippen molar-refractivity contribution in [3.63, 3.8) is 0 Å². The molecule has 2 aromatic rings. The van der Waals surface area contributed by atoms with Crippen molar-refractivity contribution < 1.29 is 4.39 Å². The van der Waals surface area contributed by atoms with E-state index in [-0.39, 0.29) is 12.5 Å². The van der Waals surface area contributed by atoms with E-state index in [1.165, 1.54) is 22.8 Å². The summed E-state index contributed by atoms with van der Waals surface area (Å²) in [5.74, 6) is 0.299. The normalized spacial score (nSPS) is 16.1. The van der Waals surface area contributed by atoms with Gasteiger partial charge in [0.1, 0.15) is 11.3 Å². The number of hydrogen-bond donors (Lipinski definition) is 1. The number of nitrogens with two attached hydrogens (primary N) is 1. The highest BCUT2D eigenvalue weighted by molar-refractivity contribution is 5.43. The predicted molar refractivity (Wildman–Crippen MR) is 55.0 cm³/mol. The first-order chi connectivity index (χ1) is 7.29. The van der Waals surface area contributed by atoms with Crippen molar-refractivity contribution in [2.75, 3.05) is 0 Å². The summed E-state index contributed by atoms with van der Waals surface area (Å²) in [6.07, 6.45) is 4.27. The molecule has 0 aliphatic heterocycles. The molecule has 3 nitrogen and oxygen atoms in total. The second-order valence-corrected chi connectivity index (χ2v) is 4.02. The molecular weight excluding hydrogens is 193 g/mol. The number of fused-ring (bicyclic) bond motifs is 1. The van der Waals surface area contributed by atoms with E-state index in [1.807, 2.05) is 18.3 Å². The van der Waals surface area contributed by atoms with Gasteiger partial charge < -0.3 is 5.73 Å². The first kappa shape index (κ1) is 8.85. The number of aromatic nitrogens is 2. The summed E-state index contributed by atoms with van der Waals surface area (Å²) in [7, 11) is 0. The van der Waals surface area contributed by atoms with E-state index < -0.39 is 0 Å². The van der Waals surface area contributed by atoms with Crippen molar-refractivity contribution in [3.05, 3.63) is 35.5 Å². The molecule has 2 aromatic heterocycles. The Balaban J connectivity index is 2.19. The Bertz CT molecular complexity index is 514. The monoisotopic (exact) mass is 205 g/mol. The molecule has 2 heterocycles. The predicted octanol–water partition coefficient (Wildman–Crippen LogP) is 1.81. The SMILES string of the molecule is NCc1nc2ccc(C3CC3)cn2c1F. The Morgan fingerprint density at radius 3 is 2.93 bits per heavy atom. The third kappa shape index (κ3) is 1.33. The molecule has 1 aliphatic carbocycles. The van der Waals surface area contributed by atoms with Crippen molar-refractivity contribution in [2.24, 2.45) is 5.73 Å². The first-order valence-corrected chi connectivity index (χ1v) is 5.16. The molecule has 1 fully saturated rings. The van der Waals surface area contributed by atoms with Gasteiger partial charge in [0.15, 0.2) is 0 Å². The van der Waals surface area contributed by atoms with Crippen LogP contribution in [0.15, 0.2) is 18.3 Å². The lowest BCUT2D eigenvalue weighted by atomic mass is 10.2. The Labute approximate surface area is 86.7 Å². The second-order valence-electron chi connectivity index (χ2n) is 4.02. The summed E-state index contributed by atoms with van der Waals surface area (Å²) >= 11 is 0. The fourth-order valence-corrected chi connectivity index (χ4v) is 1.87. The van der Waals surface area contributed by atoms with Gasteiger partial charge in [0.2, 0.25) is 5.95 Å². The van der Waals surface area contributed by atoms with E-state index in [0.29, 0.717) is 17.3 Å². The van der Waals surface area contributed by atoms with Crippen LogP contribution in [0.2, 0.25) is 0 Å². The largest absolute Gasteiger partial charge is 0.325 e. The first-order valence-electron chi connectivity index (χ1n) is 5.16. The molecule has 3 rings (SSSR count). The van der Waals surface area contributed by atoms with Crippen LogP contribution in [0, 0.1) is 5.95 Å². The number of nitrogens with zero attached hydrogens (tertiary/aromatic N) is 2. The van der Waals surface area contributed by atoms with Gasteiger partial charge in [-0.3, -0.25) is 4.40 Å². The average Bonchev–Trinajstić information content (AvgIpc) is 3.05. The number of halogens is 1. The molecule has 0 aromatic carbocycles. The zero-order valence-corrected chi connectivity index (χ0v) is 8.28. The molecule has 0 amide bonds. The highest BCUT2D eigenvalue weighted by Gasteiger charge is 2.24. The summed E-state index contributed by atoms with van der Waals surface area (Å²) in [5, 5.41) is 0. The van der Waals surface area contributed by atoms with Crippen molar-refractivity contribution in [1.82, 2.24) is 9.38 Å². The van der Waals surface area contributed by atoms with Gasteiger partial charge in [-0.1, -0.05) is 6.07 Å². The summed E-state index contributed by atoms with van der Waals surface area (Å²) < 4.78 is 15.2. The fourth-order valence-electron chi connectivity index (χ4n) is 1.87. The van der Waals surface area contributed by atoms with E-state index in [2.05, 4.69) is 4.98 Å². The summed E-state index contributed by atoms with van der Waals surface area (Å²) in [6.45, 7) is 0.145. The standard InChI is InChI=1S/C11H12FN3/c12-11-9(5-13)14-10-4-3-8(6-15(10)11)7-1-2-7/h3-4,6-7H,1-2,5,13H2. The van der Waals surface area contributed by atoms with E-state index >= 15 is 0 Å². The Morgan fingerprint density at radius 2 is 2.27 bits per heavy atom. The highest BCUT2D eigenvalue weighted by atomic mass is 19.1. The minimum Gasteiger partial charge on any atom is -0.325 e. The number of imidazole rings is 1. The Kier molecular flexibility index (Phi) is 1.79. The van der Waals surface area contributed by atoms with Crippen LogP contribution >= 0.6 is 0 Å². The lowest BCUT2D eigenvalue weighted by Gasteiger charge is -1.99. The molecular formula is C11H12FN3. The van der Waals surface area contributed by atoms with Crippen LogP contribution in [0.3, 0.4) is 0 Å². The number of hydrogen-bond acceptors (Lipinski definition) is 2. The minimum absolute atomic E-state index is 0.145. The molecule has 0 radical (unpaired) electrons. The minimum atomic E-state index is -0.324. The van der Waals surface area contributed by atoms with Gasteiger partial charge in [-0.2, -0.15) is 4.39 Å². The lowest BCUT2D eigenvalue weighted by Crippen LogP contribution is -1.99. The topological polar surface area (TPSA) is 43.3 Å². The van der Waals surface area contributed by atoms with Crippen LogP contribution < -0.4 is 5.73 Å². The molecule has 15 heavy (non-hydrogen) atoms. The van der Waals surface area contributed by atoms with E-state index in [1.54, 1.807) is 0 Å². The lowest BCUT2D eigenvalue weighted by molar-refractivity contribution is 0.556. The van der Waals surface area contributed by atoms with E-state index in [0.717, 1.165) is 0 Å². The molecule has 78 valence electrons. The second kappa shape index (κ2) is 3.03. The quantitative estimate of drug-likeness (QED) is 0.812. The van der Waals surface area contributed by atoms with E-state index in [9.17, 15) is 4.39 Å². The van der Waals surface area contributed by atoms with Crippen LogP contribution in [0.25, 0.3) is 5.65 Å². The summed E-state index contributed by atoms with van der Waals surface area (Å²) in [6, 6.07) is 3.88. The van der Waals surface area contributed by atoms with Gasteiger partial charge in [0, 0.05) is 12.7 Å². The zero-order chi connectivity index (χ0) is 10.4. The molecule has 0 atom stereocenters. The number of rotatable bonds is 2. The van der Waals surface area contributed by atoms with Gasteiger partial charge in [-0.25, -0.2) is 4.98 Å². The van der Waals surface area contributed by atoms with E-state index in [4.69, 9.17) is 5.73 Å². The maximum atomic E-state index is 13.7. The van der Waals surface area contributed by atoms with Crippen LogP contribution in [0.1, 0.15) is 30.0 Å². The summed E-state index contributed by atoms with van der Waals surface area (Å²) in [4.78, 5) is 4.11. The van der Waals surface area contributed by atoms with Crippen LogP contribution in [-0.2, 0) is 6.54 Å². The average molecular weight is 205 g/mol. The molecule has 0 saturated heterocycles. The third-order valence-electron chi connectivity index (χ3n) is 2.89. The van der Waals surface area contributed by atoms with Crippen LogP contribution in [-0.4, -0.2) is 9.38 Å². The van der Waals surface area contributed by atoms with Gasteiger partial charge in [-0.15, -0.1) is 0 Å². The zero-order valence-electron chi connectivity index (χ0n) is 8.28. The van der Waals surface area contributed by atoms with Gasteiger partial charge in [0.25, 0.3) is 0 Å². The molecule has 0 spiro atoms. The smallest absolute Gasteiger partial charge is 0.222 e. The van der Waals surface area contributed by atoms with Crippen molar-refractivity contribution in [1.29, 1.82) is 0 Å². The van der Waals surface area contributed by atoms with Crippen LogP contribution in [0.5, 0.6) is 0 Å². The van der Waals surface area contributed by atoms with Gasteiger partial charge in [-0.05, 0) is 30.4 Å². The molecule has 4 heteroatoms. The Morgan fingerprint density at radius 1 is 1.47 bits per heavy atom. The molecule has 0 unspecified atom stereocenters. The Hall–Kier alpha value is -1.42. The number of pyridine rings is 1. The van der Waals surface area contributed by atoms with Gasteiger partial charge >= 0.3 is 0 Å². The maximum absolute atomic E-state index is 13.7. The van der Waals surface area contributed by atoms with Crippen molar-refractivity contribution in [2.45, 2.75) is 25.3 Å².